The van der Waals surface area contributed by atoms with E-state index < -0.39 is 6.10 Å². The van der Waals surface area contributed by atoms with E-state index in [4.69, 9.17) is 4.74 Å². The van der Waals surface area contributed by atoms with Crippen molar-refractivity contribution in [1.29, 1.82) is 0 Å². The Balaban J connectivity index is 1.64. The van der Waals surface area contributed by atoms with Crippen LogP contribution in [0.25, 0.3) is 0 Å². The highest BCUT2D eigenvalue weighted by Gasteiger charge is 2.27. The number of nitrogens with one attached hydrogen (secondary N) is 1. The Morgan fingerprint density at radius 3 is 2.96 bits per heavy atom. The number of aromatic nitrogens is 1. The molecule has 3 rings (SSSR count). The molecule has 2 atom stereocenters. The van der Waals surface area contributed by atoms with E-state index in [1.165, 1.54) is 6.07 Å². The molecule has 6 heteroatoms. The first kappa shape index (κ1) is 16.4. The Morgan fingerprint density at radius 1 is 1.38 bits per heavy atom. The predicted octanol–water partition coefficient (Wildman–Crippen LogP) is 3.06. The summed E-state index contributed by atoms with van der Waals surface area (Å²) in [6.45, 7) is 3.10. The number of nitrogens with zero attached hydrogens (tertiary/aromatic N) is 2. The summed E-state index contributed by atoms with van der Waals surface area (Å²) < 4.78 is 19.6. The predicted molar refractivity (Wildman–Crippen MR) is 87.8 cm³/mol. The maximum atomic E-state index is 13.9. The van der Waals surface area contributed by atoms with Gasteiger partial charge in [-0.1, -0.05) is 24.3 Å². The summed E-state index contributed by atoms with van der Waals surface area (Å²) in [6.07, 6.45) is 2.98. The van der Waals surface area contributed by atoms with Gasteiger partial charge in [-0.15, -0.1) is 0 Å². The number of halogens is 1. The van der Waals surface area contributed by atoms with Crippen LogP contribution < -0.4 is 5.32 Å². The second-order valence-electron chi connectivity index (χ2n) is 5.78. The average molecular weight is 329 g/mol. The second kappa shape index (κ2) is 7.40. The molecule has 24 heavy (non-hydrogen) atoms. The highest BCUT2D eigenvalue weighted by molar-refractivity contribution is 5.74. The van der Waals surface area contributed by atoms with Crippen molar-refractivity contribution < 1.29 is 13.9 Å². The molecule has 1 aliphatic heterocycles. The van der Waals surface area contributed by atoms with Crippen LogP contribution in [0.1, 0.15) is 30.2 Å². The minimum Gasteiger partial charge on any atom is -0.370 e. The Bertz CT molecular complexity index is 696. The van der Waals surface area contributed by atoms with Crippen molar-refractivity contribution in [3.05, 3.63) is 65.7 Å². The summed E-state index contributed by atoms with van der Waals surface area (Å²) in [7, 11) is 0. The Kier molecular flexibility index (Phi) is 5.05. The normalized spacial score (nSPS) is 18.9. The summed E-state index contributed by atoms with van der Waals surface area (Å²) in [5.41, 5.74) is 1.42. The number of hydrogen-bond donors (Lipinski definition) is 1. The molecule has 1 aliphatic rings. The Hall–Kier alpha value is -2.47. The lowest BCUT2D eigenvalue weighted by molar-refractivity contribution is -0.0174. The number of rotatable bonds is 3. The number of ether oxygens (including phenoxy) is 1. The number of hydrogen-bond acceptors (Lipinski definition) is 3. The van der Waals surface area contributed by atoms with E-state index in [0.717, 1.165) is 5.56 Å². The highest BCUT2D eigenvalue weighted by Crippen LogP contribution is 2.24. The van der Waals surface area contributed by atoms with Crippen LogP contribution in [0.3, 0.4) is 0 Å². The van der Waals surface area contributed by atoms with Crippen LogP contribution in [-0.2, 0) is 4.74 Å². The van der Waals surface area contributed by atoms with E-state index in [1.54, 1.807) is 35.5 Å². The van der Waals surface area contributed by atoms with Gasteiger partial charge in [0, 0.05) is 24.5 Å². The third-order valence-corrected chi connectivity index (χ3v) is 4.13. The van der Waals surface area contributed by atoms with E-state index in [9.17, 15) is 9.18 Å². The van der Waals surface area contributed by atoms with Crippen molar-refractivity contribution in [3.8, 4) is 0 Å². The second-order valence-corrected chi connectivity index (χ2v) is 5.78. The van der Waals surface area contributed by atoms with Gasteiger partial charge in [-0.2, -0.15) is 0 Å². The van der Waals surface area contributed by atoms with Crippen LogP contribution in [0.5, 0.6) is 0 Å². The summed E-state index contributed by atoms with van der Waals surface area (Å²) >= 11 is 0. The van der Waals surface area contributed by atoms with Crippen molar-refractivity contribution in [1.82, 2.24) is 15.2 Å². The van der Waals surface area contributed by atoms with Crippen LogP contribution in [0.15, 0.2) is 48.8 Å². The number of pyridine rings is 1. The SMILES string of the molecule is C[C@@H](NC(=O)N1CCO[C@H](c2ccccc2F)C1)c1cccnc1. The zero-order chi connectivity index (χ0) is 16.9. The van der Waals surface area contributed by atoms with Gasteiger partial charge in [0.2, 0.25) is 0 Å². The summed E-state index contributed by atoms with van der Waals surface area (Å²) in [4.78, 5) is 18.2. The monoisotopic (exact) mass is 329 g/mol. The fourth-order valence-corrected chi connectivity index (χ4v) is 2.75. The van der Waals surface area contributed by atoms with Crippen molar-refractivity contribution in [3.63, 3.8) is 0 Å². The van der Waals surface area contributed by atoms with Crippen molar-refractivity contribution in [2.75, 3.05) is 19.7 Å². The van der Waals surface area contributed by atoms with Crippen molar-refractivity contribution in [2.45, 2.75) is 19.1 Å². The highest BCUT2D eigenvalue weighted by atomic mass is 19.1. The minimum absolute atomic E-state index is 0.152. The molecule has 5 nitrogen and oxygen atoms in total. The zero-order valence-corrected chi connectivity index (χ0v) is 13.5. The van der Waals surface area contributed by atoms with Crippen LogP contribution >= 0.6 is 0 Å². The molecule has 1 fully saturated rings. The van der Waals surface area contributed by atoms with Crippen LogP contribution in [0.4, 0.5) is 9.18 Å². The average Bonchev–Trinajstić information content (AvgIpc) is 2.63. The molecular formula is C18H20FN3O2. The van der Waals surface area contributed by atoms with Gasteiger partial charge < -0.3 is 15.0 Å². The lowest BCUT2D eigenvalue weighted by Crippen LogP contribution is -2.47. The standard InChI is InChI=1S/C18H20FN3O2/c1-13(14-5-4-8-20-11-14)21-18(23)22-9-10-24-17(12-22)15-6-2-3-7-16(15)19/h2-8,11,13,17H,9-10,12H2,1H3,(H,21,23)/t13-,17+/m1/s1. The van der Waals surface area contributed by atoms with Gasteiger partial charge >= 0.3 is 6.03 Å². The molecule has 2 amide bonds. The molecule has 0 spiro atoms. The number of morpholine rings is 1. The molecule has 2 aromatic rings. The number of carbonyl (C=O) groups is 1. The smallest absolute Gasteiger partial charge is 0.318 e. The van der Waals surface area contributed by atoms with Crippen LogP contribution in [-0.4, -0.2) is 35.6 Å². The maximum absolute atomic E-state index is 13.9. The van der Waals surface area contributed by atoms with Gasteiger partial charge in [-0.25, -0.2) is 9.18 Å². The lowest BCUT2D eigenvalue weighted by atomic mass is 10.1. The fraction of sp³-hybridized carbons (Fsp3) is 0.333. The third-order valence-electron chi connectivity index (χ3n) is 4.13. The summed E-state index contributed by atoms with van der Waals surface area (Å²) in [5.74, 6) is -0.312. The molecule has 0 bridgehead atoms. The lowest BCUT2D eigenvalue weighted by Gasteiger charge is -2.34. The molecule has 2 heterocycles. The summed E-state index contributed by atoms with van der Waals surface area (Å²) in [5, 5.41) is 2.95. The van der Waals surface area contributed by atoms with Gasteiger partial charge in [0.05, 0.1) is 19.2 Å². The largest absolute Gasteiger partial charge is 0.370 e. The van der Waals surface area contributed by atoms with Gasteiger partial charge in [0.25, 0.3) is 0 Å². The Morgan fingerprint density at radius 2 is 2.21 bits per heavy atom. The van der Waals surface area contributed by atoms with Crippen LogP contribution in [0.2, 0.25) is 0 Å². The van der Waals surface area contributed by atoms with Gasteiger partial charge in [-0.3, -0.25) is 4.98 Å². The number of amides is 2. The molecule has 1 aromatic heterocycles. The number of benzene rings is 1. The molecule has 1 N–H and O–H groups in total. The van der Waals surface area contributed by atoms with E-state index in [-0.39, 0.29) is 17.9 Å². The van der Waals surface area contributed by atoms with Crippen LogP contribution in [0, 0.1) is 5.82 Å². The molecule has 1 saturated heterocycles. The molecule has 0 unspecified atom stereocenters. The maximum Gasteiger partial charge on any atom is 0.318 e. The van der Waals surface area contributed by atoms with E-state index >= 15 is 0 Å². The fourth-order valence-electron chi connectivity index (χ4n) is 2.75. The number of urea groups is 1. The van der Waals surface area contributed by atoms with E-state index in [2.05, 4.69) is 10.3 Å². The van der Waals surface area contributed by atoms with Crippen molar-refractivity contribution >= 4 is 6.03 Å². The molecule has 0 saturated carbocycles. The first-order chi connectivity index (χ1) is 11.6. The van der Waals surface area contributed by atoms with Crippen molar-refractivity contribution in [2.24, 2.45) is 0 Å². The molecule has 1 aromatic carbocycles. The number of carbonyl (C=O) groups excluding carboxylic acids is 1. The molecular weight excluding hydrogens is 309 g/mol. The quantitative estimate of drug-likeness (QED) is 0.941. The molecule has 0 radical (unpaired) electrons. The molecule has 0 aliphatic carbocycles. The van der Waals surface area contributed by atoms with E-state index in [1.807, 2.05) is 19.1 Å². The van der Waals surface area contributed by atoms with E-state index in [0.29, 0.717) is 25.3 Å². The van der Waals surface area contributed by atoms with Gasteiger partial charge in [0.1, 0.15) is 11.9 Å². The molecule has 126 valence electrons. The minimum atomic E-state index is -0.445. The topological polar surface area (TPSA) is 54.5 Å². The first-order valence-electron chi connectivity index (χ1n) is 7.96. The summed E-state index contributed by atoms with van der Waals surface area (Å²) in [6, 6.07) is 9.92. The van der Waals surface area contributed by atoms with Gasteiger partial charge in [-0.05, 0) is 24.6 Å². The van der Waals surface area contributed by atoms with Gasteiger partial charge in [0.15, 0.2) is 0 Å². The third kappa shape index (κ3) is 3.71. The zero-order valence-electron chi connectivity index (χ0n) is 13.5. The first-order valence-corrected chi connectivity index (χ1v) is 7.96. The Labute approximate surface area is 140 Å².